The lowest BCUT2D eigenvalue weighted by molar-refractivity contribution is -0.122. The molecule has 174 valence electrons. The number of piperidine rings is 1. The SMILES string of the molecule is CN=C(NCCC1CCCC(C)C1)NCc1cccnc1N1CCC(C(N)=O)CC1.I. The maximum absolute atomic E-state index is 11.4. The van der Waals surface area contributed by atoms with Gasteiger partial charge in [-0.3, -0.25) is 9.79 Å². The third kappa shape index (κ3) is 7.80. The topological polar surface area (TPSA) is 95.6 Å². The second-order valence-corrected chi connectivity index (χ2v) is 8.93. The van der Waals surface area contributed by atoms with Crippen molar-refractivity contribution in [3.8, 4) is 0 Å². The average molecular weight is 543 g/mol. The molecule has 8 heteroatoms. The molecule has 0 spiro atoms. The fourth-order valence-electron chi connectivity index (χ4n) is 4.84. The van der Waals surface area contributed by atoms with Crippen molar-refractivity contribution in [1.82, 2.24) is 15.6 Å². The molecule has 2 aliphatic rings. The number of rotatable bonds is 7. The summed E-state index contributed by atoms with van der Waals surface area (Å²) in [5.74, 6) is 3.34. The Hall–Kier alpha value is -1.58. The van der Waals surface area contributed by atoms with E-state index in [1.165, 1.54) is 32.1 Å². The molecule has 0 radical (unpaired) electrons. The van der Waals surface area contributed by atoms with E-state index in [0.717, 1.165) is 61.7 Å². The number of hydrogen-bond acceptors (Lipinski definition) is 4. The van der Waals surface area contributed by atoms with Crippen LogP contribution in [0.25, 0.3) is 0 Å². The van der Waals surface area contributed by atoms with E-state index < -0.39 is 0 Å². The van der Waals surface area contributed by atoms with Crippen LogP contribution in [-0.2, 0) is 11.3 Å². The zero-order chi connectivity index (χ0) is 21.3. The first-order valence-corrected chi connectivity index (χ1v) is 11.5. The van der Waals surface area contributed by atoms with Crippen LogP contribution in [-0.4, -0.2) is 43.5 Å². The van der Waals surface area contributed by atoms with Gasteiger partial charge in [0.1, 0.15) is 5.82 Å². The molecular weight excluding hydrogens is 503 g/mol. The molecule has 1 aromatic heterocycles. The van der Waals surface area contributed by atoms with E-state index in [4.69, 9.17) is 5.73 Å². The predicted octanol–water partition coefficient (Wildman–Crippen LogP) is 3.28. The molecule has 0 bridgehead atoms. The Balaban J connectivity index is 0.00000341. The smallest absolute Gasteiger partial charge is 0.220 e. The minimum Gasteiger partial charge on any atom is -0.369 e. The molecule has 2 unspecified atom stereocenters. The number of amides is 1. The lowest BCUT2D eigenvalue weighted by Crippen LogP contribution is -2.40. The van der Waals surface area contributed by atoms with Crippen molar-refractivity contribution < 1.29 is 4.79 Å². The van der Waals surface area contributed by atoms with Crippen LogP contribution >= 0.6 is 24.0 Å². The third-order valence-corrected chi connectivity index (χ3v) is 6.62. The standard InChI is InChI=1S/C23H38N6O.HI/c1-17-5-3-6-18(15-17)8-12-27-23(25-2)28-16-20-7-4-11-26-22(20)29-13-9-19(10-14-29)21(24)30;/h4,7,11,17-19H,3,5-6,8-10,12-16H2,1-2H3,(H2,24,30)(H2,25,27,28);1H. The molecule has 0 aromatic carbocycles. The Morgan fingerprint density at radius 1 is 1.26 bits per heavy atom. The van der Waals surface area contributed by atoms with E-state index in [-0.39, 0.29) is 35.8 Å². The third-order valence-electron chi connectivity index (χ3n) is 6.62. The highest BCUT2D eigenvalue weighted by atomic mass is 127. The van der Waals surface area contributed by atoms with Gasteiger partial charge in [-0.25, -0.2) is 4.98 Å². The first-order valence-electron chi connectivity index (χ1n) is 11.5. The van der Waals surface area contributed by atoms with Crippen LogP contribution in [0, 0.1) is 17.8 Å². The van der Waals surface area contributed by atoms with Gasteiger partial charge in [0.15, 0.2) is 5.96 Å². The summed E-state index contributed by atoms with van der Waals surface area (Å²) in [6, 6.07) is 4.07. The van der Waals surface area contributed by atoms with Crippen LogP contribution in [0.1, 0.15) is 57.4 Å². The number of aromatic nitrogens is 1. The Labute approximate surface area is 204 Å². The number of nitrogens with two attached hydrogens (primary N) is 1. The molecule has 1 aliphatic heterocycles. The minimum absolute atomic E-state index is 0. The summed E-state index contributed by atoms with van der Waals surface area (Å²) in [6.45, 7) is 5.62. The largest absolute Gasteiger partial charge is 0.369 e. The van der Waals surface area contributed by atoms with Crippen molar-refractivity contribution in [2.45, 2.75) is 58.4 Å². The number of nitrogens with zero attached hydrogens (tertiary/aromatic N) is 3. The van der Waals surface area contributed by atoms with Gasteiger partial charge in [-0.2, -0.15) is 0 Å². The Kier molecular flexibility index (Phi) is 10.8. The number of carbonyl (C=O) groups excluding carboxylic acids is 1. The first kappa shape index (κ1) is 25.7. The molecule has 1 saturated carbocycles. The van der Waals surface area contributed by atoms with Crippen molar-refractivity contribution in [3.05, 3.63) is 23.9 Å². The molecule has 2 atom stereocenters. The van der Waals surface area contributed by atoms with Gasteiger partial charge in [0.2, 0.25) is 5.91 Å². The number of guanidine groups is 1. The van der Waals surface area contributed by atoms with Gasteiger partial charge in [0.05, 0.1) is 0 Å². The lowest BCUT2D eigenvalue weighted by Gasteiger charge is -2.32. The summed E-state index contributed by atoms with van der Waals surface area (Å²) in [5, 5.41) is 6.91. The quantitative estimate of drug-likeness (QED) is 0.279. The van der Waals surface area contributed by atoms with Crippen LogP contribution in [0.2, 0.25) is 0 Å². The van der Waals surface area contributed by atoms with Crippen LogP contribution in [0.3, 0.4) is 0 Å². The second kappa shape index (κ2) is 13.1. The molecule has 31 heavy (non-hydrogen) atoms. The minimum atomic E-state index is -0.185. The van der Waals surface area contributed by atoms with E-state index in [9.17, 15) is 4.79 Å². The number of primary amides is 1. The molecule has 1 saturated heterocycles. The molecular formula is C23H39IN6O. The monoisotopic (exact) mass is 542 g/mol. The number of aliphatic imine (C=N–C) groups is 1. The van der Waals surface area contributed by atoms with Crippen molar-refractivity contribution in [2.75, 3.05) is 31.6 Å². The van der Waals surface area contributed by atoms with E-state index >= 15 is 0 Å². The van der Waals surface area contributed by atoms with Crippen molar-refractivity contribution in [1.29, 1.82) is 0 Å². The highest BCUT2D eigenvalue weighted by molar-refractivity contribution is 14.0. The van der Waals surface area contributed by atoms with Gasteiger partial charge >= 0.3 is 0 Å². The van der Waals surface area contributed by atoms with Crippen molar-refractivity contribution in [2.24, 2.45) is 28.5 Å². The lowest BCUT2D eigenvalue weighted by atomic mass is 9.81. The van der Waals surface area contributed by atoms with Gasteiger partial charge in [-0.05, 0) is 43.6 Å². The van der Waals surface area contributed by atoms with E-state index in [0.29, 0.717) is 6.54 Å². The fourth-order valence-corrected chi connectivity index (χ4v) is 4.84. The van der Waals surface area contributed by atoms with Gasteiger partial charge in [0.25, 0.3) is 0 Å². The summed E-state index contributed by atoms with van der Waals surface area (Å²) >= 11 is 0. The van der Waals surface area contributed by atoms with Crippen LogP contribution < -0.4 is 21.3 Å². The Morgan fingerprint density at radius 3 is 2.71 bits per heavy atom. The van der Waals surface area contributed by atoms with Gasteiger partial charge in [-0.1, -0.05) is 32.3 Å². The summed E-state index contributed by atoms with van der Waals surface area (Å²) in [7, 11) is 1.82. The highest BCUT2D eigenvalue weighted by Gasteiger charge is 2.25. The van der Waals surface area contributed by atoms with Gasteiger partial charge in [0, 0.05) is 50.9 Å². The summed E-state index contributed by atoms with van der Waals surface area (Å²) < 4.78 is 0. The molecule has 2 heterocycles. The second-order valence-electron chi connectivity index (χ2n) is 8.93. The number of nitrogens with one attached hydrogen (secondary N) is 2. The summed E-state index contributed by atoms with van der Waals surface area (Å²) in [6.07, 6.45) is 10.1. The van der Waals surface area contributed by atoms with E-state index in [2.05, 4.69) is 38.5 Å². The molecule has 1 aromatic rings. The molecule has 4 N–H and O–H groups in total. The van der Waals surface area contributed by atoms with Gasteiger partial charge < -0.3 is 21.3 Å². The maximum Gasteiger partial charge on any atom is 0.220 e. The van der Waals surface area contributed by atoms with Gasteiger partial charge in [-0.15, -0.1) is 24.0 Å². The molecule has 1 amide bonds. The molecule has 3 rings (SSSR count). The number of hydrogen-bond donors (Lipinski definition) is 3. The molecule has 1 aliphatic carbocycles. The summed E-state index contributed by atoms with van der Waals surface area (Å²) in [4.78, 5) is 22.7. The predicted molar refractivity (Wildman–Crippen MR) is 138 cm³/mol. The average Bonchev–Trinajstić information content (AvgIpc) is 2.76. The zero-order valence-corrected chi connectivity index (χ0v) is 21.3. The van der Waals surface area contributed by atoms with Crippen LogP contribution in [0.15, 0.2) is 23.3 Å². The number of pyridine rings is 1. The summed E-state index contributed by atoms with van der Waals surface area (Å²) in [5.41, 5.74) is 6.61. The number of halogens is 1. The Bertz CT molecular complexity index is 720. The van der Waals surface area contributed by atoms with Crippen molar-refractivity contribution in [3.63, 3.8) is 0 Å². The van der Waals surface area contributed by atoms with Crippen LogP contribution in [0.4, 0.5) is 5.82 Å². The molecule has 2 fully saturated rings. The van der Waals surface area contributed by atoms with Crippen LogP contribution in [0.5, 0.6) is 0 Å². The fraction of sp³-hybridized carbons (Fsp3) is 0.696. The maximum atomic E-state index is 11.4. The van der Waals surface area contributed by atoms with Crippen molar-refractivity contribution >= 4 is 41.7 Å². The normalized spacial score (nSPS) is 22.5. The number of carbonyl (C=O) groups is 1. The number of anilines is 1. The molecule has 7 nitrogen and oxygen atoms in total. The van der Waals surface area contributed by atoms with E-state index in [1.54, 1.807) is 0 Å². The van der Waals surface area contributed by atoms with E-state index in [1.807, 2.05) is 19.3 Å². The highest BCUT2D eigenvalue weighted by Crippen LogP contribution is 2.30. The first-order chi connectivity index (χ1) is 14.6. The zero-order valence-electron chi connectivity index (χ0n) is 19.0. The Morgan fingerprint density at radius 2 is 2.03 bits per heavy atom.